The third-order valence-electron chi connectivity index (χ3n) is 0.547. The third kappa shape index (κ3) is 0.838. The van der Waals surface area contributed by atoms with Gasteiger partial charge in [0.1, 0.15) is 0 Å². The molecule has 0 amide bonds. The lowest BCUT2D eigenvalue weighted by Gasteiger charge is -1.64. The second-order valence-electron chi connectivity index (χ2n) is 0.983. The fourth-order valence-electron chi connectivity index (χ4n) is 0.283. The van der Waals surface area contributed by atoms with Gasteiger partial charge in [0.05, 0.1) is 0 Å². The van der Waals surface area contributed by atoms with Gasteiger partial charge < -0.3 is 0 Å². The molecule has 0 aliphatic rings. The molecule has 0 aromatic carbocycles. The Labute approximate surface area is 44.8 Å². The Morgan fingerprint density at radius 2 is 2.71 bits per heavy atom. The van der Waals surface area contributed by atoms with E-state index >= 15 is 0 Å². The van der Waals surface area contributed by atoms with E-state index in [1.54, 1.807) is 12.1 Å². The van der Waals surface area contributed by atoms with Gasteiger partial charge in [-0.2, -0.15) is 0 Å². The second-order valence-corrected chi connectivity index (χ2v) is 1.84. The van der Waals surface area contributed by atoms with Gasteiger partial charge in [-0.15, -0.1) is 16.2 Å². The highest BCUT2D eigenvalue weighted by Gasteiger charge is 1.85. The molecule has 0 spiro atoms. The molecule has 0 fully saturated rings. The minimum atomic E-state index is 0.486. The van der Waals surface area contributed by atoms with Crippen LogP contribution in [0.15, 0.2) is 17.3 Å². The van der Waals surface area contributed by atoms with E-state index < -0.39 is 0 Å². The molecule has 3 heteroatoms. The summed E-state index contributed by atoms with van der Waals surface area (Å²) in [6.45, 7) is 0. The normalized spacial score (nSPS) is 8.57. The summed E-state index contributed by atoms with van der Waals surface area (Å²) in [4.78, 5) is 9.61. The van der Waals surface area contributed by atoms with Gasteiger partial charge in [0.25, 0.3) is 0 Å². The fraction of sp³-hybridized carbons (Fsp3) is 0. The van der Waals surface area contributed by atoms with Gasteiger partial charge in [0.2, 0.25) is 0 Å². The van der Waals surface area contributed by atoms with Gasteiger partial charge in [-0.1, -0.05) is 0 Å². The average Bonchev–Trinajstić information content (AvgIpc) is 2.14. The van der Waals surface area contributed by atoms with Crippen molar-refractivity contribution in [2.24, 2.45) is 5.18 Å². The summed E-state index contributed by atoms with van der Waals surface area (Å²) in [5.41, 5.74) is 0. The number of nitrogens with zero attached hydrogens (tertiary/aromatic N) is 1. The molecule has 1 heterocycles. The van der Waals surface area contributed by atoms with E-state index in [-0.39, 0.29) is 0 Å². The summed E-state index contributed by atoms with van der Waals surface area (Å²) >= 11 is 1.22. The maximum atomic E-state index is 9.61. The van der Waals surface area contributed by atoms with Crippen molar-refractivity contribution in [2.45, 2.75) is 0 Å². The van der Waals surface area contributed by atoms with Gasteiger partial charge in [0, 0.05) is 5.38 Å². The lowest BCUT2D eigenvalue weighted by molar-refractivity contribution is 1.60. The van der Waals surface area contributed by atoms with E-state index in [2.05, 4.69) is 10.6 Å². The molecule has 0 N–H and O–H groups in total. The fourth-order valence-corrected chi connectivity index (χ4v) is 0.713. The quantitative estimate of drug-likeness (QED) is 0.510. The summed E-state index contributed by atoms with van der Waals surface area (Å²) < 4.78 is 0. The minimum absolute atomic E-state index is 0.486. The Morgan fingerprint density at radius 3 is 3.00 bits per heavy atom. The van der Waals surface area contributed by atoms with Crippen LogP contribution in [0.4, 0.5) is 5.00 Å². The first-order valence-electron chi connectivity index (χ1n) is 1.73. The zero-order chi connectivity index (χ0) is 5.11. The van der Waals surface area contributed by atoms with Gasteiger partial charge in [-0.05, 0) is 17.3 Å². The lowest BCUT2D eigenvalue weighted by atomic mass is 10.6. The molecular weight excluding hydrogens is 110 g/mol. The zero-order valence-corrected chi connectivity index (χ0v) is 4.23. The molecule has 35 valence electrons. The van der Waals surface area contributed by atoms with Crippen molar-refractivity contribution in [2.75, 3.05) is 0 Å². The Morgan fingerprint density at radius 1 is 1.86 bits per heavy atom. The van der Waals surface area contributed by atoms with Crippen LogP contribution in [-0.2, 0) is 0 Å². The Hall–Kier alpha value is -0.700. The highest BCUT2D eigenvalue weighted by molar-refractivity contribution is 7.13. The van der Waals surface area contributed by atoms with Crippen LogP contribution in [0.5, 0.6) is 0 Å². The summed E-state index contributed by atoms with van der Waals surface area (Å²) in [5.74, 6) is 0. The number of hydrogen-bond acceptors (Lipinski definition) is 3. The largest absolute Gasteiger partial charge is 0.161 e. The van der Waals surface area contributed by atoms with Crippen molar-refractivity contribution in [3.05, 3.63) is 22.4 Å². The number of nitroso groups, excluding NO2 is 1. The minimum Gasteiger partial charge on any atom is -0.144 e. The molecule has 1 radical (unpaired) electrons. The Balaban J connectivity index is 2.96. The monoisotopic (exact) mass is 112 g/mol. The molecule has 0 saturated carbocycles. The van der Waals surface area contributed by atoms with Crippen molar-refractivity contribution >= 4 is 16.3 Å². The zero-order valence-electron chi connectivity index (χ0n) is 3.42. The summed E-state index contributed by atoms with van der Waals surface area (Å²) in [6.07, 6.45) is 0. The molecule has 0 unspecified atom stereocenters. The Bertz CT molecular complexity index is 147. The highest BCUT2D eigenvalue weighted by Crippen LogP contribution is 2.16. The first kappa shape index (κ1) is 4.46. The van der Waals surface area contributed by atoms with Crippen molar-refractivity contribution < 1.29 is 0 Å². The van der Waals surface area contributed by atoms with Gasteiger partial charge >= 0.3 is 0 Å². The predicted molar refractivity (Wildman–Crippen MR) is 28.6 cm³/mol. The van der Waals surface area contributed by atoms with E-state index in [4.69, 9.17) is 0 Å². The first-order chi connectivity index (χ1) is 3.43. The molecule has 0 atom stereocenters. The number of rotatable bonds is 1. The summed E-state index contributed by atoms with van der Waals surface area (Å²) in [7, 11) is 0. The molecule has 1 rings (SSSR count). The van der Waals surface area contributed by atoms with Crippen molar-refractivity contribution in [1.29, 1.82) is 0 Å². The predicted octanol–water partition coefficient (Wildman–Crippen LogP) is 1.95. The molecule has 1 aromatic rings. The highest BCUT2D eigenvalue weighted by atomic mass is 32.1. The maximum Gasteiger partial charge on any atom is 0.161 e. The van der Waals surface area contributed by atoms with E-state index in [1.807, 2.05) is 0 Å². The van der Waals surface area contributed by atoms with Crippen LogP contribution < -0.4 is 0 Å². The second kappa shape index (κ2) is 1.84. The van der Waals surface area contributed by atoms with Crippen LogP contribution in [0.25, 0.3) is 0 Å². The Kier molecular flexibility index (Phi) is 1.17. The van der Waals surface area contributed by atoms with Crippen LogP contribution in [0.1, 0.15) is 0 Å². The number of thiophene rings is 1. The van der Waals surface area contributed by atoms with Crippen LogP contribution >= 0.6 is 11.3 Å². The van der Waals surface area contributed by atoms with Crippen LogP contribution in [0.2, 0.25) is 0 Å². The smallest absolute Gasteiger partial charge is 0.144 e. The standard InChI is InChI=1S/C4H2NOS/c6-5-4-2-1-3-7-4/h1-2H. The molecule has 7 heavy (non-hydrogen) atoms. The van der Waals surface area contributed by atoms with Crippen LogP contribution in [0, 0.1) is 10.3 Å². The van der Waals surface area contributed by atoms with Crippen LogP contribution in [-0.4, -0.2) is 0 Å². The first-order valence-corrected chi connectivity index (χ1v) is 2.54. The van der Waals surface area contributed by atoms with E-state index in [9.17, 15) is 4.91 Å². The molecule has 0 aliphatic heterocycles. The summed E-state index contributed by atoms with van der Waals surface area (Å²) in [6, 6.07) is 3.29. The molecule has 0 bridgehead atoms. The molecular formula is C4H2NOS. The molecule has 1 aromatic heterocycles. The summed E-state index contributed by atoms with van der Waals surface area (Å²) in [5, 5.41) is 5.88. The van der Waals surface area contributed by atoms with Crippen LogP contribution in [0.3, 0.4) is 0 Å². The van der Waals surface area contributed by atoms with E-state index in [1.165, 1.54) is 11.3 Å². The third-order valence-corrected chi connectivity index (χ3v) is 1.22. The SMILES string of the molecule is O=Nc1cc[c]s1. The van der Waals surface area contributed by atoms with Crippen molar-refractivity contribution in [1.82, 2.24) is 0 Å². The molecule has 2 nitrogen and oxygen atoms in total. The maximum absolute atomic E-state index is 9.61. The van der Waals surface area contributed by atoms with Gasteiger partial charge in [-0.25, -0.2) is 0 Å². The topological polar surface area (TPSA) is 29.4 Å². The van der Waals surface area contributed by atoms with Crippen molar-refractivity contribution in [3.63, 3.8) is 0 Å². The van der Waals surface area contributed by atoms with Gasteiger partial charge in [-0.3, -0.25) is 0 Å². The van der Waals surface area contributed by atoms with Crippen molar-refractivity contribution in [3.8, 4) is 0 Å². The van der Waals surface area contributed by atoms with Gasteiger partial charge in [0.15, 0.2) is 5.00 Å². The molecule has 0 aliphatic carbocycles. The molecule has 0 saturated heterocycles. The number of hydrogen-bond donors (Lipinski definition) is 0. The average molecular weight is 112 g/mol. The van der Waals surface area contributed by atoms with E-state index in [0.29, 0.717) is 5.00 Å². The van der Waals surface area contributed by atoms with E-state index in [0.717, 1.165) is 0 Å². The lowest BCUT2D eigenvalue weighted by Crippen LogP contribution is -1.35.